The molecule has 1 aliphatic heterocycles. The Hall–Kier alpha value is -1.68. The van der Waals surface area contributed by atoms with Gasteiger partial charge in [0.1, 0.15) is 0 Å². The van der Waals surface area contributed by atoms with E-state index in [0.29, 0.717) is 0 Å². The lowest BCUT2D eigenvalue weighted by atomic mass is 9.93. The van der Waals surface area contributed by atoms with Gasteiger partial charge in [0.25, 0.3) is 0 Å². The molecular formula is C16H22N4. The number of hydrogen-bond acceptors (Lipinski definition) is 3. The molecule has 2 aromatic heterocycles. The average Bonchev–Trinajstić information content (AvgIpc) is 2.98. The second-order valence-electron chi connectivity index (χ2n) is 5.50. The quantitative estimate of drug-likeness (QED) is 0.928. The predicted molar refractivity (Wildman–Crippen MR) is 80.4 cm³/mol. The molecule has 4 nitrogen and oxygen atoms in total. The molecule has 0 amide bonds. The van der Waals surface area contributed by atoms with Crippen LogP contribution in [0.1, 0.15) is 25.3 Å². The third-order valence-electron chi connectivity index (χ3n) is 4.03. The van der Waals surface area contributed by atoms with Crippen molar-refractivity contribution in [1.29, 1.82) is 0 Å². The van der Waals surface area contributed by atoms with Crippen LogP contribution in [0.4, 0.5) is 0 Å². The van der Waals surface area contributed by atoms with Crippen LogP contribution < -0.4 is 5.32 Å². The summed E-state index contributed by atoms with van der Waals surface area (Å²) < 4.78 is 1.98. The van der Waals surface area contributed by atoms with E-state index in [1.165, 1.54) is 24.9 Å². The van der Waals surface area contributed by atoms with Gasteiger partial charge in [-0.25, -0.2) is 0 Å². The van der Waals surface area contributed by atoms with Crippen molar-refractivity contribution in [3.8, 4) is 11.4 Å². The van der Waals surface area contributed by atoms with Crippen molar-refractivity contribution in [3.63, 3.8) is 0 Å². The van der Waals surface area contributed by atoms with Crippen LogP contribution in [0.2, 0.25) is 0 Å². The van der Waals surface area contributed by atoms with Crippen molar-refractivity contribution in [2.24, 2.45) is 5.92 Å². The summed E-state index contributed by atoms with van der Waals surface area (Å²) in [6.07, 6.45) is 7.62. The van der Waals surface area contributed by atoms with Crippen LogP contribution in [0, 0.1) is 5.92 Å². The van der Waals surface area contributed by atoms with Crippen LogP contribution in [0.25, 0.3) is 11.4 Å². The summed E-state index contributed by atoms with van der Waals surface area (Å²) in [5.74, 6) is 0.762. The number of aromatic nitrogens is 3. The minimum atomic E-state index is 0.762. The van der Waals surface area contributed by atoms with E-state index in [2.05, 4.69) is 34.5 Å². The lowest BCUT2D eigenvalue weighted by Gasteiger charge is -2.22. The summed E-state index contributed by atoms with van der Waals surface area (Å²) in [7, 11) is 0. The molecule has 0 aromatic carbocycles. The van der Waals surface area contributed by atoms with Gasteiger partial charge in [-0.1, -0.05) is 6.07 Å². The van der Waals surface area contributed by atoms with Crippen molar-refractivity contribution in [2.45, 2.75) is 32.7 Å². The normalized spacial score (nSPS) is 19.1. The zero-order chi connectivity index (χ0) is 13.8. The standard InChI is InChI=1S/C16H22N4/c1-2-20-16(7-9-19-20)15-6-5-14(12-18-15)10-13-4-3-8-17-11-13/h5-7,9,12-13,17H,2-4,8,10-11H2,1H3/t13-/m0/s1. The highest BCUT2D eigenvalue weighted by atomic mass is 15.3. The van der Waals surface area contributed by atoms with E-state index in [1.54, 1.807) is 0 Å². The Morgan fingerprint density at radius 2 is 2.30 bits per heavy atom. The number of rotatable bonds is 4. The highest BCUT2D eigenvalue weighted by molar-refractivity contribution is 5.54. The van der Waals surface area contributed by atoms with Gasteiger partial charge in [0.2, 0.25) is 0 Å². The van der Waals surface area contributed by atoms with Crippen molar-refractivity contribution < 1.29 is 0 Å². The Morgan fingerprint density at radius 1 is 1.35 bits per heavy atom. The lowest BCUT2D eigenvalue weighted by molar-refractivity contribution is 0.376. The zero-order valence-corrected chi connectivity index (χ0v) is 12.0. The average molecular weight is 270 g/mol. The number of nitrogens with one attached hydrogen (secondary N) is 1. The van der Waals surface area contributed by atoms with Gasteiger partial charge in [-0.2, -0.15) is 5.10 Å². The molecule has 0 spiro atoms. The Balaban J connectivity index is 1.71. The third-order valence-corrected chi connectivity index (χ3v) is 4.03. The second kappa shape index (κ2) is 6.18. The smallest absolute Gasteiger partial charge is 0.0883 e. The molecule has 3 heterocycles. The molecule has 0 unspecified atom stereocenters. The molecular weight excluding hydrogens is 248 g/mol. The van der Waals surface area contributed by atoms with Crippen LogP contribution in [0.15, 0.2) is 30.6 Å². The Kier molecular flexibility index (Phi) is 4.11. The fourth-order valence-electron chi connectivity index (χ4n) is 2.93. The highest BCUT2D eigenvalue weighted by Gasteiger charge is 2.14. The number of pyridine rings is 1. The molecule has 0 aliphatic carbocycles. The molecule has 1 atom stereocenters. The molecule has 1 N–H and O–H groups in total. The van der Waals surface area contributed by atoms with Crippen molar-refractivity contribution in [3.05, 3.63) is 36.2 Å². The maximum atomic E-state index is 4.61. The van der Waals surface area contributed by atoms with E-state index in [0.717, 1.165) is 36.8 Å². The van der Waals surface area contributed by atoms with Gasteiger partial charge in [-0.3, -0.25) is 9.67 Å². The largest absolute Gasteiger partial charge is 0.316 e. The Bertz CT molecular complexity index is 538. The van der Waals surface area contributed by atoms with E-state index in [1.807, 2.05) is 23.1 Å². The summed E-state index contributed by atoms with van der Waals surface area (Å²) in [6.45, 7) is 5.29. The molecule has 4 heteroatoms. The van der Waals surface area contributed by atoms with E-state index in [-0.39, 0.29) is 0 Å². The molecule has 0 saturated carbocycles. The van der Waals surface area contributed by atoms with E-state index >= 15 is 0 Å². The third kappa shape index (κ3) is 2.90. The molecule has 1 fully saturated rings. The maximum Gasteiger partial charge on any atom is 0.0883 e. The second-order valence-corrected chi connectivity index (χ2v) is 5.50. The van der Waals surface area contributed by atoms with Crippen molar-refractivity contribution >= 4 is 0 Å². The molecule has 20 heavy (non-hydrogen) atoms. The first kappa shape index (κ1) is 13.3. The van der Waals surface area contributed by atoms with Gasteiger partial charge in [0, 0.05) is 18.9 Å². The zero-order valence-electron chi connectivity index (χ0n) is 12.0. The van der Waals surface area contributed by atoms with Gasteiger partial charge >= 0.3 is 0 Å². The summed E-state index contributed by atoms with van der Waals surface area (Å²) >= 11 is 0. The molecule has 2 aromatic rings. The van der Waals surface area contributed by atoms with Crippen LogP contribution >= 0.6 is 0 Å². The van der Waals surface area contributed by atoms with E-state index in [9.17, 15) is 0 Å². The van der Waals surface area contributed by atoms with Crippen LogP contribution in [0.5, 0.6) is 0 Å². The topological polar surface area (TPSA) is 42.7 Å². The van der Waals surface area contributed by atoms with Crippen molar-refractivity contribution in [1.82, 2.24) is 20.1 Å². The maximum absolute atomic E-state index is 4.61. The fraction of sp³-hybridized carbons (Fsp3) is 0.500. The first-order valence-corrected chi connectivity index (χ1v) is 7.54. The number of hydrogen-bond donors (Lipinski definition) is 1. The predicted octanol–water partition coefficient (Wildman–Crippen LogP) is 2.51. The highest BCUT2D eigenvalue weighted by Crippen LogP contribution is 2.19. The molecule has 106 valence electrons. The lowest BCUT2D eigenvalue weighted by Crippen LogP contribution is -2.30. The minimum absolute atomic E-state index is 0.762. The van der Waals surface area contributed by atoms with Crippen LogP contribution in [-0.4, -0.2) is 27.9 Å². The Morgan fingerprint density at radius 3 is 3.00 bits per heavy atom. The van der Waals surface area contributed by atoms with Gasteiger partial charge in [0.05, 0.1) is 11.4 Å². The fourth-order valence-corrected chi connectivity index (χ4v) is 2.93. The molecule has 1 aliphatic rings. The number of aryl methyl sites for hydroxylation is 1. The number of piperidine rings is 1. The first-order valence-electron chi connectivity index (χ1n) is 7.54. The molecule has 0 bridgehead atoms. The number of nitrogens with zero attached hydrogens (tertiary/aromatic N) is 3. The van der Waals surface area contributed by atoms with Gasteiger partial charge in [-0.05, 0) is 62.9 Å². The summed E-state index contributed by atoms with van der Waals surface area (Å²) in [5.41, 5.74) is 3.44. The minimum Gasteiger partial charge on any atom is -0.316 e. The Labute approximate surface area is 120 Å². The summed E-state index contributed by atoms with van der Waals surface area (Å²) in [6, 6.07) is 6.36. The first-order chi connectivity index (χ1) is 9.86. The SMILES string of the molecule is CCn1nccc1-c1ccc(C[C@@H]2CCCNC2)cn1. The van der Waals surface area contributed by atoms with Crippen LogP contribution in [-0.2, 0) is 13.0 Å². The van der Waals surface area contributed by atoms with Gasteiger partial charge < -0.3 is 5.32 Å². The molecule has 3 rings (SSSR count). The summed E-state index contributed by atoms with van der Waals surface area (Å²) in [5, 5.41) is 7.77. The van der Waals surface area contributed by atoms with Crippen molar-refractivity contribution in [2.75, 3.05) is 13.1 Å². The van der Waals surface area contributed by atoms with Crippen LogP contribution in [0.3, 0.4) is 0 Å². The molecule has 0 radical (unpaired) electrons. The van der Waals surface area contributed by atoms with E-state index < -0.39 is 0 Å². The molecule has 1 saturated heterocycles. The van der Waals surface area contributed by atoms with Gasteiger partial charge in [-0.15, -0.1) is 0 Å². The van der Waals surface area contributed by atoms with Gasteiger partial charge in [0.15, 0.2) is 0 Å². The summed E-state index contributed by atoms with van der Waals surface area (Å²) in [4.78, 5) is 4.61. The van der Waals surface area contributed by atoms with E-state index in [4.69, 9.17) is 0 Å². The monoisotopic (exact) mass is 270 g/mol.